The van der Waals surface area contributed by atoms with Crippen molar-refractivity contribution in [3.05, 3.63) is 35.4 Å². The SMILES string of the molecule is CC(C)(C)OCCOCc1ccc(CNC2CC2)cc1. The molecule has 0 radical (unpaired) electrons. The Morgan fingerprint density at radius 3 is 2.30 bits per heavy atom. The van der Waals surface area contributed by atoms with E-state index in [2.05, 4.69) is 50.4 Å². The standard InChI is InChI=1S/C17H27NO2/c1-17(2,3)20-11-10-19-13-15-6-4-14(5-7-15)12-18-16-8-9-16/h4-7,16,18H,8-13H2,1-3H3. The van der Waals surface area contributed by atoms with Gasteiger partial charge in [-0.25, -0.2) is 0 Å². The molecule has 1 fully saturated rings. The summed E-state index contributed by atoms with van der Waals surface area (Å²) in [5.41, 5.74) is 2.48. The summed E-state index contributed by atoms with van der Waals surface area (Å²) in [7, 11) is 0. The fraction of sp³-hybridized carbons (Fsp3) is 0.647. The maximum absolute atomic E-state index is 5.62. The van der Waals surface area contributed by atoms with E-state index in [0.29, 0.717) is 19.8 Å². The Balaban J connectivity index is 1.60. The molecule has 0 saturated heterocycles. The first-order valence-electron chi connectivity index (χ1n) is 7.56. The molecule has 0 unspecified atom stereocenters. The highest BCUT2D eigenvalue weighted by atomic mass is 16.5. The largest absolute Gasteiger partial charge is 0.374 e. The van der Waals surface area contributed by atoms with Gasteiger partial charge in [-0.05, 0) is 44.7 Å². The zero-order chi connectivity index (χ0) is 14.4. The minimum absolute atomic E-state index is 0.0838. The van der Waals surface area contributed by atoms with Crippen LogP contribution in [0.5, 0.6) is 0 Å². The van der Waals surface area contributed by atoms with Crippen LogP contribution in [0.2, 0.25) is 0 Å². The predicted octanol–water partition coefficient (Wildman–Crippen LogP) is 3.27. The monoisotopic (exact) mass is 277 g/mol. The second kappa shape index (κ2) is 7.21. The first-order valence-corrected chi connectivity index (χ1v) is 7.56. The van der Waals surface area contributed by atoms with E-state index < -0.39 is 0 Å². The first kappa shape index (κ1) is 15.5. The Hall–Kier alpha value is -0.900. The number of ether oxygens (including phenoxy) is 2. The Morgan fingerprint density at radius 1 is 1.05 bits per heavy atom. The average Bonchev–Trinajstić information content (AvgIpc) is 3.20. The topological polar surface area (TPSA) is 30.5 Å². The van der Waals surface area contributed by atoms with Gasteiger partial charge in [0.25, 0.3) is 0 Å². The van der Waals surface area contributed by atoms with Crippen LogP contribution in [0.1, 0.15) is 44.7 Å². The van der Waals surface area contributed by atoms with E-state index in [-0.39, 0.29) is 5.60 Å². The maximum atomic E-state index is 5.62. The molecule has 1 aliphatic carbocycles. The number of benzene rings is 1. The molecule has 3 heteroatoms. The van der Waals surface area contributed by atoms with Gasteiger partial charge in [0.15, 0.2) is 0 Å². The molecule has 0 heterocycles. The van der Waals surface area contributed by atoms with Gasteiger partial charge in [0.05, 0.1) is 25.4 Å². The van der Waals surface area contributed by atoms with Crippen LogP contribution >= 0.6 is 0 Å². The molecule has 112 valence electrons. The van der Waals surface area contributed by atoms with E-state index in [1.54, 1.807) is 0 Å². The molecule has 1 saturated carbocycles. The Kier molecular flexibility index (Phi) is 5.58. The van der Waals surface area contributed by atoms with Gasteiger partial charge in [0.2, 0.25) is 0 Å². The smallest absolute Gasteiger partial charge is 0.0718 e. The lowest BCUT2D eigenvalue weighted by Crippen LogP contribution is -2.21. The van der Waals surface area contributed by atoms with E-state index in [4.69, 9.17) is 9.47 Å². The van der Waals surface area contributed by atoms with E-state index >= 15 is 0 Å². The molecule has 1 N–H and O–H groups in total. The minimum atomic E-state index is -0.0838. The Morgan fingerprint density at radius 2 is 1.70 bits per heavy atom. The molecule has 1 aromatic rings. The molecule has 2 rings (SSSR count). The molecule has 20 heavy (non-hydrogen) atoms. The van der Waals surface area contributed by atoms with Crippen molar-refractivity contribution in [2.24, 2.45) is 0 Å². The van der Waals surface area contributed by atoms with Crippen molar-refractivity contribution in [1.29, 1.82) is 0 Å². The van der Waals surface area contributed by atoms with Crippen molar-refractivity contribution in [3.8, 4) is 0 Å². The van der Waals surface area contributed by atoms with Crippen molar-refractivity contribution in [1.82, 2.24) is 5.32 Å². The zero-order valence-electron chi connectivity index (χ0n) is 12.9. The van der Waals surface area contributed by atoms with Crippen molar-refractivity contribution in [3.63, 3.8) is 0 Å². The average molecular weight is 277 g/mol. The molecule has 1 aromatic carbocycles. The first-order chi connectivity index (χ1) is 9.53. The summed E-state index contributed by atoms with van der Waals surface area (Å²) < 4.78 is 11.2. The van der Waals surface area contributed by atoms with Crippen LogP contribution in [-0.4, -0.2) is 24.9 Å². The third-order valence-electron chi connectivity index (χ3n) is 3.23. The van der Waals surface area contributed by atoms with Crippen molar-refractivity contribution in [2.45, 2.75) is 58.4 Å². The van der Waals surface area contributed by atoms with Gasteiger partial charge in [-0.15, -0.1) is 0 Å². The summed E-state index contributed by atoms with van der Waals surface area (Å²) in [6.07, 6.45) is 2.67. The third kappa shape index (κ3) is 6.51. The predicted molar refractivity (Wildman–Crippen MR) is 81.7 cm³/mol. The van der Waals surface area contributed by atoms with E-state index in [1.165, 1.54) is 24.0 Å². The summed E-state index contributed by atoms with van der Waals surface area (Å²) >= 11 is 0. The zero-order valence-corrected chi connectivity index (χ0v) is 12.9. The Labute approximate surface area is 122 Å². The lowest BCUT2D eigenvalue weighted by molar-refractivity contribution is -0.0376. The summed E-state index contributed by atoms with van der Waals surface area (Å²) in [6.45, 7) is 9.09. The second-order valence-electron chi connectivity index (χ2n) is 6.49. The van der Waals surface area contributed by atoms with Crippen LogP contribution in [0, 0.1) is 0 Å². The summed E-state index contributed by atoms with van der Waals surface area (Å²) in [6, 6.07) is 9.42. The van der Waals surface area contributed by atoms with Crippen LogP contribution in [0.25, 0.3) is 0 Å². The van der Waals surface area contributed by atoms with Gasteiger partial charge in [-0.1, -0.05) is 24.3 Å². The van der Waals surface area contributed by atoms with Gasteiger partial charge in [-0.3, -0.25) is 0 Å². The number of rotatable bonds is 8. The molecule has 0 aliphatic heterocycles. The van der Waals surface area contributed by atoms with Crippen LogP contribution in [0.4, 0.5) is 0 Å². The van der Waals surface area contributed by atoms with Crippen LogP contribution in [0.3, 0.4) is 0 Å². The molecule has 0 amide bonds. The number of hydrogen-bond donors (Lipinski definition) is 1. The van der Waals surface area contributed by atoms with Crippen LogP contribution in [-0.2, 0) is 22.6 Å². The molecule has 3 nitrogen and oxygen atoms in total. The second-order valence-corrected chi connectivity index (χ2v) is 6.49. The highest BCUT2D eigenvalue weighted by Crippen LogP contribution is 2.19. The van der Waals surface area contributed by atoms with Crippen LogP contribution in [0.15, 0.2) is 24.3 Å². The van der Waals surface area contributed by atoms with Gasteiger partial charge in [0.1, 0.15) is 0 Å². The molecule has 0 bridgehead atoms. The summed E-state index contributed by atoms with van der Waals surface area (Å²) in [5.74, 6) is 0. The molecule has 0 aromatic heterocycles. The lowest BCUT2D eigenvalue weighted by atomic mass is 10.1. The van der Waals surface area contributed by atoms with Gasteiger partial charge >= 0.3 is 0 Å². The summed E-state index contributed by atoms with van der Waals surface area (Å²) in [4.78, 5) is 0. The highest BCUT2D eigenvalue weighted by Gasteiger charge is 2.19. The number of nitrogens with one attached hydrogen (secondary N) is 1. The van der Waals surface area contributed by atoms with Crippen molar-refractivity contribution >= 4 is 0 Å². The highest BCUT2D eigenvalue weighted by molar-refractivity contribution is 5.22. The van der Waals surface area contributed by atoms with Gasteiger partial charge in [0, 0.05) is 12.6 Å². The van der Waals surface area contributed by atoms with Crippen molar-refractivity contribution < 1.29 is 9.47 Å². The minimum Gasteiger partial charge on any atom is -0.374 e. The van der Waals surface area contributed by atoms with E-state index in [9.17, 15) is 0 Å². The van der Waals surface area contributed by atoms with E-state index in [0.717, 1.165) is 12.6 Å². The molecule has 1 aliphatic rings. The van der Waals surface area contributed by atoms with Gasteiger partial charge < -0.3 is 14.8 Å². The quantitative estimate of drug-likeness (QED) is 0.740. The van der Waals surface area contributed by atoms with E-state index in [1.807, 2.05) is 0 Å². The number of hydrogen-bond acceptors (Lipinski definition) is 3. The maximum Gasteiger partial charge on any atom is 0.0718 e. The molecular formula is C17H27NO2. The fourth-order valence-electron chi connectivity index (χ4n) is 1.90. The third-order valence-corrected chi connectivity index (χ3v) is 3.23. The molecule has 0 spiro atoms. The summed E-state index contributed by atoms with van der Waals surface area (Å²) in [5, 5.41) is 3.52. The van der Waals surface area contributed by atoms with Crippen molar-refractivity contribution in [2.75, 3.05) is 13.2 Å². The normalized spacial score (nSPS) is 15.6. The van der Waals surface area contributed by atoms with Crippen LogP contribution < -0.4 is 5.32 Å². The molecule has 0 atom stereocenters. The molecular weight excluding hydrogens is 250 g/mol. The van der Waals surface area contributed by atoms with Gasteiger partial charge in [-0.2, -0.15) is 0 Å². The fourth-order valence-corrected chi connectivity index (χ4v) is 1.90. The lowest BCUT2D eigenvalue weighted by Gasteiger charge is -2.19. The Bertz CT molecular complexity index is 390.